The van der Waals surface area contributed by atoms with Gasteiger partial charge in [-0.25, -0.2) is 13.8 Å². The van der Waals surface area contributed by atoms with Crippen molar-refractivity contribution in [1.82, 2.24) is 9.97 Å². The third-order valence-corrected chi connectivity index (χ3v) is 4.18. The summed E-state index contributed by atoms with van der Waals surface area (Å²) in [5.41, 5.74) is 2.24. The minimum absolute atomic E-state index is 0.223. The van der Waals surface area contributed by atoms with E-state index in [1.807, 2.05) is 36.4 Å². The lowest BCUT2D eigenvalue weighted by Gasteiger charge is -2.15. The van der Waals surface area contributed by atoms with Gasteiger partial charge in [0, 0.05) is 30.3 Å². The van der Waals surface area contributed by atoms with Gasteiger partial charge >= 0.3 is 0 Å². The van der Waals surface area contributed by atoms with Gasteiger partial charge in [-0.05, 0) is 31.0 Å². The molecular formula is C21H22F2N4. The molecule has 2 aromatic carbocycles. The van der Waals surface area contributed by atoms with Gasteiger partial charge in [0.25, 0.3) is 0 Å². The van der Waals surface area contributed by atoms with Gasteiger partial charge in [-0.1, -0.05) is 37.3 Å². The van der Waals surface area contributed by atoms with Crippen molar-refractivity contribution in [2.45, 2.75) is 32.9 Å². The zero-order valence-electron chi connectivity index (χ0n) is 15.3. The molecule has 1 atom stereocenters. The van der Waals surface area contributed by atoms with Gasteiger partial charge in [-0.3, -0.25) is 0 Å². The number of benzene rings is 2. The van der Waals surface area contributed by atoms with Crippen LogP contribution in [0.4, 0.5) is 20.5 Å². The molecular weight excluding hydrogens is 346 g/mol. The summed E-state index contributed by atoms with van der Waals surface area (Å²) in [5, 5.41) is 6.41. The van der Waals surface area contributed by atoms with Crippen molar-refractivity contribution in [3.63, 3.8) is 0 Å². The minimum Gasteiger partial charge on any atom is -0.366 e. The second kappa shape index (κ2) is 8.58. The summed E-state index contributed by atoms with van der Waals surface area (Å²) in [7, 11) is 0. The van der Waals surface area contributed by atoms with Gasteiger partial charge in [0.05, 0.1) is 5.69 Å². The van der Waals surface area contributed by atoms with Crippen molar-refractivity contribution < 1.29 is 8.78 Å². The Balaban J connectivity index is 1.87. The number of hydrogen-bond acceptors (Lipinski definition) is 4. The molecule has 0 bridgehead atoms. The molecule has 0 aliphatic rings. The fourth-order valence-corrected chi connectivity index (χ4v) is 2.59. The molecule has 0 spiro atoms. The molecule has 0 radical (unpaired) electrons. The number of nitrogens with one attached hydrogen (secondary N) is 2. The van der Waals surface area contributed by atoms with E-state index in [4.69, 9.17) is 0 Å². The Hall–Kier alpha value is -3.02. The summed E-state index contributed by atoms with van der Waals surface area (Å²) in [6.45, 7) is 4.39. The van der Waals surface area contributed by atoms with Crippen LogP contribution in [-0.4, -0.2) is 16.0 Å². The van der Waals surface area contributed by atoms with Crippen molar-refractivity contribution in [2.75, 3.05) is 10.6 Å². The Kier molecular flexibility index (Phi) is 5.96. The fourth-order valence-electron chi connectivity index (χ4n) is 2.59. The molecule has 0 unspecified atom stereocenters. The van der Waals surface area contributed by atoms with Crippen molar-refractivity contribution in [3.05, 3.63) is 71.8 Å². The van der Waals surface area contributed by atoms with Crippen molar-refractivity contribution in [3.8, 4) is 11.3 Å². The lowest BCUT2D eigenvalue weighted by atomic mass is 10.1. The van der Waals surface area contributed by atoms with Crippen LogP contribution in [0.5, 0.6) is 0 Å². The number of hydrogen-bond donors (Lipinski definition) is 2. The molecule has 3 aromatic rings. The Morgan fingerprint density at radius 2 is 1.67 bits per heavy atom. The quantitative estimate of drug-likeness (QED) is 0.598. The van der Waals surface area contributed by atoms with Gasteiger partial charge in [0.2, 0.25) is 5.95 Å². The first-order chi connectivity index (χ1) is 13.0. The summed E-state index contributed by atoms with van der Waals surface area (Å²) in [5.74, 6) is -0.102. The highest BCUT2D eigenvalue weighted by atomic mass is 19.1. The van der Waals surface area contributed by atoms with Crippen LogP contribution in [0.3, 0.4) is 0 Å². The highest BCUT2D eigenvalue weighted by Gasteiger charge is 2.09. The van der Waals surface area contributed by atoms with E-state index in [2.05, 4.69) is 34.4 Å². The summed E-state index contributed by atoms with van der Waals surface area (Å²) >= 11 is 0. The molecule has 4 nitrogen and oxygen atoms in total. The Morgan fingerprint density at radius 3 is 2.33 bits per heavy atom. The second-order valence-corrected chi connectivity index (χ2v) is 6.41. The molecule has 0 amide bonds. The van der Waals surface area contributed by atoms with E-state index in [1.54, 1.807) is 0 Å². The van der Waals surface area contributed by atoms with Crippen molar-refractivity contribution in [2.24, 2.45) is 0 Å². The summed E-state index contributed by atoms with van der Waals surface area (Å²) in [6.07, 6.45) is 0.935. The Morgan fingerprint density at radius 1 is 0.963 bits per heavy atom. The second-order valence-electron chi connectivity index (χ2n) is 6.41. The number of nitrogens with zero attached hydrogens (tertiary/aromatic N) is 2. The topological polar surface area (TPSA) is 49.8 Å². The van der Waals surface area contributed by atoms with Gasteiger partial charge in [-0.2, -0.15) is 4.98 Å². The molecule has 140 valence electrons. The van der Waals surface area contributed by atoms with E-state index in [0.29, 0.717) is 17.3 Å². The third kappa shape index (κ3) is 5.23. The lowest BCUT2D eigenvalue weighted by molar-refractivity contribution is 0.580. The lowest BCUT2D eigenvalue weighted by Crippen LogP contribution is -2.16. The molecule has 1 heterocycles. The highest BCUT2D eigenvalue weighted by Crippen LogP contribution is 2.22. The van der Waals surface area contributed by atoms with Crippen LogP contribution in [0.2, 0.25) is 0 Å². The molecule has 3 rings (SSSR count). The van der Waals surface area contributed by atoms with E-state index in [-0.39, 0.29) is 12.6 Å². The molecule has 0 aliphatic heterocycles. The average molecular weight is 368 g/mol. The SMILES string of the molecule is CC[C@@H](C)Nc1nc(NCc2cc(F)cc(F)c2)cc(-c2ccccc2)n1. The molecule has 0 saturated heterocycles. The first kappa shape index (κ1) is 18.8. The normalized spacial score (nSPS) is 11.9. The first-order valence-corrected chi connectivity index (χ1v) is 8.93. The monoisotopic (exact) mass is 368 g/mol. The molecule has 0 fully saturated rings. The van der Waals surface area contributed by atoms with Crippen LogP contribution in [0.15, 0.2) is 54.6 Å². The molecule has 2 N–H and O–H groups in total. The zero-order valence-corrected chi connectivity index (χ0v) is 15.3. The van der Waals surface area contributed by atoms with Crippen LogP contribution >= 0.6 is 0 Å². The van der Waals surface area contributed by atoms with Crippen LogP contribution < -0.4 is 10.6 Å². The highest BCUT2D eigenvalue weighted by molar-refractivity contribution is 5.64. The molecule has 0 saturated carbocycles. The van der Waals surface area contributed by atoms with Crippen LogP contribution in [0.25, 0.3) is 11.3 Å². The van der Waals surface area contributed by atoms with Crippen LogP contribution in [0, 0.1) is 11.6 Å². The van der Waals surface area contributed by atoms with Gasteiger partial charge in [0.15, 0.2) is 0 Å². The van der Waals surface area contributed by atoms with Gasteiger partial charge < -0.3 is 10.6 Å². The molecule has 0 aliphatic carbocycles. The summed E-state index contributed by atoms with van der Waals surface area (Å²) < 4.78 is 26.8. The Bertz CT molecular complexity index is 880. The number of rotatable bonds is 7. The maximum absolute atomic E-state index is 13.4. The zero-order chi connectivity index (χ0) is 19.2. The van der Waals surface area contributed by atoms with E-state index < -0.39 is 11.6 Å². The van der Waals surface area contributed by atoms with Gasteiger partial charge in [0.1, 0.15) is 17.5 Å². The number of anilines is 2. The predicted molar refractivity (Wildman–Crippen MR) is 105 cm³/mol. The summed E-state index contributed by atoms with van der Waals surface area (Å²) in [4.78, 5) is 9.08. The maximum Gasteiger partial charge on any atom is 0.225 e. The number of aromatic nitrogens is 2. The number of halogens is 2. The van der Waals surface area contributed by atoms with E-state index in [9.17, 15) is 8.78 Å². The van der Waals surface area contributed by atoms with Crippen molar-refractivity contribution in [1.29, 1.82) is 0 Å². The fraction of sp³-hybridized carbons (Fsp3) is 0.238. The maximum atomic E-state index is 13.4. The van der Waals surface area contributed by atoms with Crippen molar-refractivity contribution >= 4 is 11.8 Å². The first-order valence-electron chi connectivity index (χ1n) is 8.93. The van der Waals surface area contributed by atoms with Gasteiger partial charge in [-0.15, -0.1) is 0 Å². The van der Waals surface area contributed by atoms with E-state index in [0.717, 1.165) is 23.7 Å². The average Bonchev–Trinajstić information content (AvgIpc) is 2.66. The van der Waals surface area contributed by atoms with Crippen LogP contribution in [-0.2, 0) is 6.54 Å². The van der Waals surface area contributed by atoms with E-state index >= 15 is 0 Å². The Labute approximate surface area is 157 Å². The van der Waals surface area contributed by atoms with Crippen LogP contribution in [0.1, 0.15) is 25.8 Å². The largest absolute Gasteiger partial charge is 0.366 e. The summed E-state index contributed by atoms with van der Waals surface area (Å²) in [6, 6.07) is 15.3. The molecule has 27 heavy (non-hydrogen) atoms. The standard InChI is InChI=1S/C21H22F2N4/c1-3-14(2)25-21-26-19(16-7-5-4-6-8-16)12-20(27-21)24-13-15-9-17(22)11-18(23)10-15/h4-12,14H,3,13H2,1-2H3,(H2,24,25,26,27)/t14-/m1/s1. The molecule has 6 heteroatoms. The smallest absolute Gasteiger partial charge is 0.225 e. The van der Waals surface area contributed by atoms with E-state index in [1.165, 1.54) is 12.1 Å². The third-order valence-electron chi connectivity index (χ3n) is 4.18. The minimum atomic E-state index is -0.599. The molecule has 1 aromatic heterocycles. The predicted octanol–water partition coefficient (Wildman–Crippen LogP) is 5.24.